The second-order valence-electron chi connectivity index (χ2n) is 7.30. The molecule has 3 aromatic rings. The summed E-state index contributed by atoms with van der Waals surface area (Å²) < 4.78 is 1.86. The Kier molecular flexibility index (Phi) is 4.78. The number of para-hydroxylation sites is 1. The summed E-state index contributed by atoms with van der Waals surface area (Å²) in [5, 5.41) is 0. The molecule has 0 bridgehead atoms. The van der Waals surface area contributed by atoms with Crippen molar-refractivity contribution in [1.82, 2.24) is 0 Å². The van der Waals surface area contributed by atoms with Crippen molar-refractivity contribution in [3.8, 4) is 0 Å². The summed E-state index contributed by atoms with van der Waals surface area (Å²) in [6, 6.07) is 20.6. The SMILES string of the molecule is C[C@H]1Cc2ccccc2N1C(=O)[C@H](C)[n+]1ccc(C(=O)c2ccccc2)cc1. The van der Waals surface area contributed by atoms with E-state index < -0.39 is 0 Å². The van der Waals surface area contributed by atoms with Gasteiger partial charge in [0.1, 0.15) is 0 Å². The van der Waals surface area contributed by atoms with Crippen LogP contribution in [0.25, 0.3) is 0 Å². The molecule has 1 aliphatic heterocycles. The van der Waals surface area contributed by atoms with Crippen molar-refractivity contribution in [2.45, 2.75) is 32.4 Å². The fourth-order valence-electron chi connectivity index (χ4n) is 3.83. The molecular weight excluding hydrogens is 348 g/mol. The highest BCUT2D eigenvalue weighted by atomic mass is 16.2. The second-order valence-corrected chi connectivity index (χ2v) is 7.30. The third kappa shape index (κ3) is 3.22. The highest BCUT2D eigenvalue weighted by molar-refractivity contribution is 6.08. The molecule has 2 aromatic carbocycles. The van der Waals surface area contributed by atoms with Crippen molar-refractivity contribution >= 4 is 17.4 Å². The fourth-order valence-corrected chi connectivity index (χ4v) is 3.83. The van der Waals surface area contributed by atoms with E-state index in [-0.39, 0.29) is 23.8 Å². The van der Waals surface area contributed by atoms with E-state index in [0.717, 1.165) is 12.1 Å². The van der Waals surface area contributed by atoms with Crippen LogP contribution in [0.2, 0.25) is 0 Å². The summed E-state index contributed by atoms with van der Waals surface area (Å²) in [4.78, 5) is 27.7. The van der Waals surface area contributed by atoms with Crippen LogP contribution < -0.4 is 9.47 Å². The minimum atomic E-state index is -0.352. The molecule has 0 aliphatic carbocycles. The molecule has 2 heterocycles. The molecule has 1 aromatic heterocycles. The summed E-state index contributed by atoms with van der Waals surface area (Å²) in [5.41, 5.74) is 3.49. The van der Waals surface area contributed by atoms with Crippen molar-refractivity contribution in [3.63, 3.8) is 0 Å². The first-order valence-electron chi connectivity index (χ1n) is 9.58. The molecule has 2 atom stereocenters. The normalized spacial score (nSPS) is 16.5. The Bertz CT molecular complexity index is 1010. The number of anilines is 1. The van der Waals surface area contributed by atoms with Gasteiger partial charge in [0, 0.05) is 41.9 Å². The monoisotopic (exact) mass is 371 g/mol. The summed E-state index contributed by atoms with van der Waals surface area (Å²) in [6.07, 6.45) is 4.50. The minimum absolute atomic E-state index is 0.0196. The first-order chi connectivity index (χ1) is 13.6. The Morgan fingerprint density at radius 2 is 1.54 bits per heavy atom. The maximum Gasteiger partial charge on any atom is 0.296 e. The first kappa shape index (κ1) is 18.1. The van der Waals surface area contributed by atoms with E-state index in [2.05, 4.69) is 13.0 Å². The van der Waals surface area contributed by atoms with Crippen molar-refractivity contribution in [2.24, 2.45) is 0 Å². The van der Waals surface area contributed by atoms with Gasteiger partial charge in [0.05, 0.1) is 0 Å². The predicted octanol–water partition coefficient (Wildman–Crippen LogP) is 3.74. The number of rotatable bonds is 4. The zero-order valence-electron chi connectivity index (χ0n) is 16.1. The molecule has 28 heavy (non-hydrogen) atoms. The average Bonchev–Trinajstić information content (AvgIpc) is 3.08. The van der Waals surface area contributed by atoms with E-state index in [4.69, 9.17) is 0 Å². The number of carbonyl (C=O) groups excluding carboxylic acids is 2. The Morgan fingerprint density at radius 3 is 2.25 bits per heavy atom. The largest absolute Gasteiger partial charge is 0.303 e. The van der Waals surface area contributed by atoms with Crippen LogP contribution in [0, 0.1) is 0 Å². The van der Waals surface area contributed by atoms with Crippen molar-refractivity contribution < 1.29 is 14.2 Å². The van der Waals surface area contributed by atoms with Crippen LogP contribution in [0.5, 0.6) is 0 Å². The van der Waals surface area contributed by atoms with Crippen LogP contribution in [0.4, 0.5) is 5.69 Å². The lowest BCUT2D eigenvalue weighted by Crippen LogP contribution is -2.49. The lowest BCUT2D eigenvalue weighted by atomic mass is 10.0. The molecule has 4 rings (SSSR count). The molecule has 0 fully saturated rings. The lowest BCUT2D eigenvalue weighted by Gasteiger charge is -2.23. The minimum Gasteiger partial charge on any atom is -0.303 e. The lowest BCUT2D eigenvalue weighted by molar-refractivity contribution is -0.705. The number of benzene rings is 2. The highest BCUT2D eigenvalue weighted by Gasteiger charge is 2.36. The van der Waals surface area contributed by atoms with Gasteiger partial charge in [-0.15, -0.1) is 0 Å². The summed E-state index contributed by atoms with van der Waals surface area (Å²) in [7, 11) is 0. The number of aromatic nitrogens is 1. The van der Waals surface area contributed by atoms with Gasteiger partial charge in [0.15, 0.2) is 18.2 Å². The van der Waals surface area contributed by atoms with Crippen molar-refractivity contribution in [3.05, 3.63) is 95.8 Å². The first-order valence-corrected chi connectivity index (χ1v) is 9.58. The number of carbonyl (C=O) groups is 2. The van der Waals surface area contributed by atoms with Gasteiger partial charge < -0.3 is 4.90 Å². The molecule has 0 saturated heterocycles. The van der Waals surface area contributed by atoms with Crippen LogP contribution >= 0.6 is 0 Å². The van der Waals surface area contributed by atoms with Gasteiger partial charge in [0.2, 0.25) is 6.04 Å². The van der Waals surface area contributed by atoms with Crippen LogP contribution in [0.15, 0.2) is 79.1 Å². The Balaban J connectivity index is 1.55. The maximum atomic E-state index is 13.2. The Labute approximate surface area is 165 Å². The van der Waals surface area contributed by atoms with Gasteiger partial charge in [-0.25, -0.2) is 0 Å². The van der Waals surface area contributed by atoms with Crippen LogP contribution in [0.3, 0.4) is 0 Å². The molecule has 1 aliphatic rings. The molecule has 0 spiro atoms. The van der Waals surface area contributed by atoms with Gasteiger partial charge in [-0.2, -0.15) is 4.57 Å². The zero-order chi connectivity index (χ0) is 19.7. The molecule has 4 nitrogen and oxygen atoms in total. The van der Waals surface area contributed by atoms with Crippen molar-refractivity contribution in [1.29, 1.82) is 0 Å². The standard InChI is InChI=1S/C24H23N2O2/c1-17-16-21-10-6-7-11-22(21)26(17)24(28)18(2)25-14-12-20(13-15-25)23(27)19-8-4-3-5-9-19/h3-15,17-18H,16H2,1-2H3/q+1/t17-,18-/m0/s1. The van der Waals surface area contributed by atoms with Gasteiger partial charge >= 0.3 is 0 Å². The third-order valence-corrected chi connectivity index (χ3v) is 5.40. The number of fused-ring (bicyclic) bond motifs is 1. The highest BCUT2D eigenvalue weighted by Crippen LogP contribution is 2.32. The molecular formula is C24H23N2O2+. The molecule has 0 radical (unpaired) electrons. The Hall–Kier alpha value is -3.27. The molecule has 4 heteroatoms. The third-order valence-electron chi connectivity index (χ3n) is 5.40. The van der Waals surface area contributed by atoms with Crippen LogP contribution in [-0.4, -0.2) is 17.7 Å². The number of hydrogen-bond donors (Lipinski definition) is 0. The van der Waals surface area contributed by atoms with E-state index in [1.807, 2.05) is 77.3 Å². The van der Waals surface area contributed by atoms with Crippen LogP contribution in [0.1, 0.15) is 41.4 Å². The molecule has 0 unspecified atom stereocenters. The summed E-state index contributed by atoms with van der Waals surface area (Å²) in [5.74, 6) is 0.0402. The van der Waals surface area contributed by atoms with E-state index >= 15 is 0 Å². The molecule has 0 N–H and O–H groups in total. The quantitative estimate of drug-likeness (QED) is 0.518. The van der Waals surface area contributed by atoms with Gasteiger partial charge in [-0.1, -0.05) is 48.5 Å². The van der Waals surface area contributed by atoms with Crippen LogP contribution in [-0.2, 0) is 11.2 Å². The van der Waals surface area contributed by atoms with Gasteiger partial charge in [-0.3, -0.25) is 9.59 Å². The second kappa shape index (κ2) is 7.39. The molecule has 0 saturated carbocycles. The molecule has 1 amide bonds. The van der Waals surface area contributed by atoms with E-state index in [0.29, 0.717) is 11.1 Å². The number of nitrogens with zero attached hydrogens (tertiary/aromatic N) is 2. The van der Waals surface area contributed by atoms with Gasteiger partial charge in [-0.05, 0) is 25.0 Å². The smallest absolute Gasteiger partial charge is 0.296 e. The maximum absolute atomic E-state index is 13.2. The average molecular weight is 371 g/mol. The Morgan fingerprint density at radius 1 is 0.929 bits per heavy atom. The van der Waals surface area contributed by atoms with E-state index in [1.54, 1.807) is 12.1 Å². The predicted molar refractivity (Wildman–Crippen MR) is 108 cm³/mol. The number of hydrogen-bond acceptors (Lipinski definition) is 2. The topological polar surface area (TPSA) is 41.3 Å². The summed E-state index contributed by atoms with van der Waals surface area (Å²) in [6.45, 7) is 3.98. The van der Waals surface area contributed by atoms with E-state index in [9.17, 15) is 9.59 Å². The van der Waals surface area contributed by atoms with E-state index in [1.165, 1.54) is 5.56 Å². The zero-order valence-corrected chi connectivity index (χ0v) is 16.1. The van der Waals surface area contributed by atoms with Crippen molar-refractivity contribution in [2.75, 3.05) is 4.90 Å². The fraction of sp³-hybridized carbons (Fsp3) is 0.208. The number of pyridine rings is 1. The summed E-state index contributed by atoms with van der Waals surface area (Å²) >= 11 is 0. The molecule has 140 valence electrons. The van der Waals surface area contributed by atoms with Gasteiger partial charge in [0.25, 0.3) is 5.91 Å². The number of amides is 1. The number of ketones is 1.